The molecule has 0 bridgehead atoms. The maximum Gasteiger partial charge on any atom is 0.204 e. The quantitative estimate of drug-likeness (QED) is 0.175. The lowest BCUT2D eigenvalue weighted by molar-refractivity contribution is 0.228. The zero-order valence-electron chi connectivity index (χ0n) is 27.6. The molecule has 1 aliphatic rings. The molecule has 2 N–H and O–H groups in total. The fourth-order valence-corrected chi connectivity index (χ4v) is 7.79. The number of H-pyrrole nitrogens is 1. The number of benzene rings is 2. The van der Waals surface area contributed by atoms with Crippen LogP contribution in [-0.4, -0.2) is 98.9 Å². The van der Waals surface area contributed by atoms with E-state index in [1.165, 1.54) is 44.2 Å². The third-order valence-electron chi connectivity index (χ3n) is 8.21. The number of nitrogens with zero attached hydrogens (tertiary/aromatic N) is 6. The largest absolute Gasteiger partial charge is 0.490 e. The van der Waals surface area contributed by atoms with Gasteiger partial charge in [0.25, 0.3) is 0 Å². The van der Waals surface area contributed by atoms with E-state index >= 15 is 4.39 Å². The Morgan fingerprint density at radius 1 is 1.10 bits per heavy atom. The second-order valence-corrected chi connectivity index (χ2v) is 16.1. The van der Waals surface area contributed by atoms with Gasteiger partial charge in [0.05, 0.1) is 26.7 Å². The van der Waals surface area contributed by atoms with Gasteiger partial charge in [-0.2, -0.15) is 5.10 Å². The van der Waals surface area contributed by atoms with Crippen LogP contribution < -0.4 is 15.0 Å². The van der Waals surface area contributed by atoms with E-state index in [4.69, 9.17) is 21.3 Å². The van der Waals surface area contributed by atoms with E-state index in [1.54, 1.807) is 7.11 Å². The Hall–Kier alpha value is -3.50. The highest BCUT2D eigenvalue weighted by atomic mass is 35.5. The average molecular weight is 721 g/mol. The summed E-state index contributed by atoms with van der Waals surface area (Å²) in [5, 5.41) is 10.3. The fourth-order valence-electron chi connectivity index (χ4n) is 5.32. The number of aromatic nitrogens is 4. The number of likely N-dealkylation sites (N-methyl/N-ethyl adjacent to an activating group) is 1. The fraction of sp³-hybridized carbons (Fsp3) is 0.406. The van der Waals surface area contributed by atoms with Crippen molar-refractivity contribution in [1.82, 2.24) is 30.0 Å². The summed E-state index contributed by atoms with van der Waals surface area (Å²) in [7, 11) is 1.39. The third-order valence-corrected chi connectivity index (χ3v) is 11.9. The number of piperazine rings is 1. The molecule has 1 aliphatic heterocycles. The molecule has 1 saturated heterocycles. The number of aryl methyl sites for hydroxylation is 1. The normalized spacial score (nSPS) is 14.5. The summed E-state index contributed by atoms with van der Waals surface area (Å²) >= 11 is 6.88. The number of hydrogen-bond donors (Lipinski definition) is 2. The molecule has 48 heavy (non-hydrogen) atoms. The van der Waals surface area contributed by atoms with E-state index in [2.05, 4.69) is 49.3 Å². The van der Waals surface area contributed by atoms with E-state index in [0.29, 0.717) is 36.3 Å². The zero-order chi connectivity index (χ0) is 34.8. The van der Waals surface area contributed by atoms with Gasteiger partial charge in [0.15, 0.2) is 32.4 Å². The lowest BCUT2D eigenvalue weighted by Gasteiger charge is -2.36. The molecule has 4 aromatic rings. The molecular formula is C32H39ClF2N8O3S2. The van der Waals surface area contributed by atoms with Gasteiger partial charge in [0, 0.05) is 56.6 Å². The molecule has 16 heteroatoms. The van der Waals surface area contributed by atoms with Crippen LogP contribution in [0.25, 0.3) is 0 Å². The van der Waals surface area contributed by atoms with Gasteiger partial charge in [-0.3, -0.25) is 10.00 Å². The van der Waals surface area contributed by atoms with Gasteiger partial charge in [-0.05, 0) is 70.9 Å². The van der Waals surface area contributed by atoms with Crippen molar-refractivity contribution in [3.63, 3.8) is 0 Å². The van der Waals surface area contributed by atoms with Crippen molar-refractivity contribution in [2.75, 3.05) is 70.7 Å². The summed E-state index contributed by atoms with van der Waals surface area (Å²) in [5.41, 5.74) is 0.728. The number of aromatic amines is 1. The zero-order valence-corrected chi connectivity index (χ0v) is 30.0. The molecule has 2 aromatic heterocycles. The van der Waals surface area contributed by atoms with Crippen molar-refractivity contribution < 1.29 is 21.9 Å². The number of hydrogen-bond acceptors (Lipinski definition) is 11. The van der Waals surface area contributed by atoms with Gasteiger partial charge in [-0.15, -0.1) is 0 Å². The average Bonchev–Trinajstić information content (AvgIpc) is 3.46. The van der Waals surface area contributed by atoms with Crippen LogP contribution in [0.15, 0.2) is 57.4 Å². The lowest BCUT2D eigenvalue weighted by Crippen LogP contribution is -2.48. The first kappa shape index (κ1) is 35.8. The van der Waals surface area contributed by atoms with Gasteiger partial charge >= 0.3 is 0 Å². The molecule has 11 nitrogen and oxygen atoms in total. The Morgan fingerprint density at radius 2 is 1.83 bits per heavy atom. The van der Waals surface area contributed by atoms with Crippen LogP contribution in [0.3, 0.4) is 0 Å². The molecule has 0 spiro atoms. The summed E-state index contributed by atoms with van der Waals surface area (Å²) in [6.45, 7) is 9.53. The number of methoxy groups -OCH3 is 1. The first-order valence-electron chi connectivity index (χ1n) is 15.2. The molecule has 0 unspecified atom stereocenters. The van der Waals surface area contributed by atoms with Crippen LogP contribution in [-0.2, 0) is 14.6 Å². The molecule has 0 amide bonds. The van der Waals surface area contributed by atoms with Crippen molar-refractivity contribution in [1.29, 1.82) is 0 Å². The Labute approximate surface area is 289 Å². The molecule has 3 heterocycles. The van der Waals surface area contributed by atoms with E-state index in [9.17, 15) is 12.8 Å². The molecule has 0 saturated carbocycles. The summed E-state index contributed by atoms with van der Waals surface area (Å²) in [6, 6.07) is 9.58. The maximum absolute atomic E-state index is 15.7. The number of sulfone groups is 1. The minimum Gasteiger partial charge on any atom is -0.490 e. The minimum absolute atomic E-state index is 0.104. The number of rotatable bonds is 12. The lowest BCUT2D eigenvalue weighted by atomic mass is 10.0. The molecule has 0 aliphatic carbocycles. The van der Waals surface area contributed by atoms with Gasteiger partial charge in [0.2, 0.25) is 5.75 Å². The van der Waals surface area contributed by atoms with Crippen LogP contribution in [0, 0.1) is 18.6 Å². The third kappa shape index (κ3) is 7.54. The summed E-state index contributed by atoms with van der Waals surface area (Å²) < 4.78 is 62.1. The number of ether oxygens (including phenoxy) is 1. The Kier molecular flexibility index (Phi) is 10.8. The first-order chi connectivity index (χ1) is 22.7. The van der Waals surface area contributed by atoms with E-state index < -0.39 is 26.2 Å². The first-order valence-corrected chi connectivity index (χ1v) is 17.9. The predicted molar refractivity (Wildman–Crippen MR) is 185 cm³/mol. The van der Waals surface area contributed by atoms with E-state index in [1.807, 2.05) is 13.0 Å². The highest BCUT2D eigenvalue weighted by Crippen LogP contribution is 2.41. The van der Waals surface area contributed by atoms with Crippen molar-refractivity contribution in [2.45, 2.75) is 40.5 Å². The molecular weight excluding hydrogens is 682 g/mol. The number of nitrogens with one attached hydrogen (secondary N) is 2. The Balaban J connectivity index is 1.46. The minimum atomic E-state index is -4.26. The van der Waals surface area contributed by atoms with Crippen LogP contribution in [0.2, 0.25) is 5.02 Å². The van der Waals surface area contributed by atoms with Crippen LogP contribution >= 0.6 is 23.4 Å². The van der Waals surface area contributed by atoms with Crippen molar-refractivity contribution in [2.24, 2.45) is 0 Å². The van der Waals surface area contributed by atoms with E-state index in [0.717, 1.165) is 49.7 Å². The SMILES string of the molecule is COc1c(Nc2cc(C)[nH]n2)nc(Sc2ccc(S(=O)(=O)C(C)(C)c3cccc(Cl)c3F)cc2F)nc1N1CCN(CCN(C)C)CC1. The molecule has 2 aromatic carbocycles. The summed E-state index contributed by atoms with van der Waals surface area (Å²) in [6.07, 6.45) is 0. The topological polar surface area (TPSA) is 120 Å². The van der Waals surface area contributed by atoms with Gasteiger partial charge in [0.1, 0.15) is 11.6 Å². The maximum atomic E-state index is 15.7. The van der Waals surface area contributed by atoms with E-state index in [-0.39, 0.29) is 25.5 Å². The predicted octanol–water partition coefficient (Wildman–Crippen LogP) is 5.74. The molecule has 1 fully saturated rings. The standard InChI is InChI=1S/C32H39ClF2N8O3S2/c1-20-18-26(40-39-20)36-29-28(46-6)30(43-16-14-42(15-17-43)13-12-41(4)5)38-31(37-29)47-25-11-10-21(19-24(25)34)48(44,45)32(2,3)22-8-7-9-23(33)27(22)35/h7-11,18-19H,12-17H2,1-6H3,(H2,36,37,38,39,40). The highest BCUT2D eigenvalue weighted by molar-refractivity contribution is 7.99. The van der Waals surface area contributed by atoms with Crippen LogP contribution in [0.1, 0.15) is 25.1 Å². The molecule has 258 valence electrons. The van der Waals surface area contributed by atoms with Crippen molar-refractivity contribution in [3.8, 4) is 5.75 Å². The second-order valence-electron chi connectivity index (χ2n) is 12.2. The van der Waals surface area contributed by atoms with Crippen molar-refractivity contribution in [3.05, 3.63) is 70.4 Å². The molecule has 0 atom stereocenters. The van der Waals surface area contributed by atoms with Gasteiger partial charge in [-0.25, -0.2) is 27.2 Å². The smallest absolute Gasteiger partial charge is 0.204 e. The monoisotopic (exact) mass is 720 g/mol. The van der Waals surface area contributed by atoms with Crippen LogP contribution in [0.4, 0.5) is 26.2 Å². The second kappa shape index (κ2) is 14.5. The van der Waals surface area contributed by atoms with Gasteiger partial charge in [-0.1, -0.05) is 23.7 Å². The Morgan fingerprint density at radius 3 is 2.46 bits per heavy atom. The van der Waals surface area contributed by atoms with Gasteiger partial charge < -0.3 is 19.9 Å². The summed E-state index contributed by atoms with van der Waals surface area (Å²) in [5.74, 6) is 0.186. The van der Waals surface area contributed by atoms with Crippen LogP contribution in [0.5, 0.6) is 5.75 Å². The summed E-state index contributed by atoms with van der Waals surface area (Å²) in [4.78, 5) is 15.9. The number of halogens is 3. The Bertz CT molecular complexity index is 1880. The van der Waals surface area contributed by atoms with Crippen molar-refractivity contribution >= 4 is 50.7 Å². The molecule has 0 radical (unpaired) electrons. The molecule has 5 rings (SSSR count). The number of anilines is 3. The highest BCUT2D eigenvalue weighted by Gasteiger charge is 2.40.